The van der Waals surface area contributed by atoms with E-state index >= 15 is 0 Å². The molecule has 1 heterocycles. The Bertz CT molecular complexity index is 352. The molecule has 3 atom stereocenters. The first-order valence-corrected chi connectivity index (χ1v) is 7.67. The van der Waals surface area contributed by atoms with Crippen molar-refractivity contribution < 1.29 is 9.59 Å². The van der Waals surface area contributed by atoms with Crippen LogP contribution in [0, 0.1) is 17.8 Å². The summed E-state index contributed by atoms with van der Waals surface area (Å²) in [5, 5.41) is 5.97. The van der Waals surface area contributed by atoms with Gasteiger partial charge in [-0.1, -0.05) is 26.8 Å². The first-order valence-electron chi connectivity index (χ1n) is 7.67. The summed E-state index contributed by atoms with van der Waals surface area (Å²) in [5.41, 5.74) is 0. The smallest absolute Gasteiger partial charge is 0.223 e. The second kappa shape index (κ2) is 8.08. The maximum Gasteiger partial charge on any atom is 0.223 e. The monoisotopic (exact) mass is 280 g/mol. The molecule has 1 aliphatic heterocycles. The average molecular weight is 280 g/mol. The summed E-state index contributed by atoms with van der Waals surface area (Å²) in [6.45, 7) is 10.8. The number of nitrogens with one attached hydrogen (secondary N) is 2. The van der Waals surface area contributed by atoms with Gasteiger partial charge in [0.25, 0.3) is 0 Å². The molecule has 1 saturated heterocycles. The molecule has 0 aromatic carbocycles. The van der Waals surface area contributed by atoms with Crippen LogP contribution in [0.3, 0.4) is 0 Å². The number of carbonyl (C=O) groups excluding carboxylic acids is 2. The number of amides is 2. The molecule has 2 N–H and O–H groups in total. The molecule has 4 heteroatoms. The van der Waals surface area contributed by atoms with Crippen LogP contribution in [0.1, 0.15) is 46.5 Å². The van der Waals surface area contributed by atoms with Gasteiger partial charge in [-0.05, 0) is 31.1 Å². The molecule has 1 rings (SSSR count). The summed E-state index contributed by atoms with van der Waals surface area (Å²) in [6, 6.07) is 0.0772. The zero-order chi connectivity index (χ0) is 15.1. The van der Waals surface area contributed by atoms with Crippen LogP contribution >= 0.6 is 0 Å². The normalized spacial score (nSPS) is 21.4. The SMILES string of the molecule is C=C[C@H](C[C@@H]1CCNC1=O)[C@H](CC(C)C)NC(=O)CC. The second-order valence-electron chi connectivity index (χ2n) is 6.07. The minimum Gasteiger partial charge on any atom is -0.356 e. The fourth-order valence-corrected chi connectivity index (χ4v) is 2.78. The molecule has 20 heavy (non-hydrogen) atoms. The summed E-state index contributed by atoms with van der Waals surface area (Å²) in [5.74, 6) is 0.922. The Morgan fingerprint density at radius 2 is 2.25 bits per heavy atom. The van der Waals surface area contributed by atoms with Gasteiger partial charge in [-0.25, -0.2) is 0 Å². The minimum absolute atomic E-state index is 0.0613. The van der Waals surface area contributed by atoms with Crippen molar-refractivity contribution >= 4 is 11.8 Å². The molecule has 0 bridgehead atoms. The first kappa shape index (κ1) is 16.7. The zero-order valence-corrected chi connectivity index (χ0v) is 12.9. The quantitative estimate of drug-likeness (QED) is 0.670. The van der Waals surface area contributed by atoms with E-state index in [4.69, 9.17) is 0 Å². The van der Waals surface area contributed by atoms with E-state index in [1.807, 2.05) is 13.0 Å². The molecule has 0 spiro atoms. The summed E-state index contributed by atoms with van der Waals surface area (Å²) in [4.78, 5) is 23.4. The summed E-state index contributed by atoms with van der Waals surface area (Å²) in [7, 11) is 0. The van der Waals surface area contributed by atoms with E-state index in [1.54, 1.807) is 0 Å². The predicted molar refractivity (Wildman–Crippen MR) is 81.1 cm³/mol. The van der Waals surface area contributed by atoms with Gasteiger partial charge in [-0.2, -0.15) is 0 Å². The Hall–Kier alpha value is -1.32. The lowest BCUT2D eigenvalue weighted by molar-refractivity contribution is -0.122. The van der Waals surface area contributed by atoms with E-state index in [0.29, 0.717) is 12.3 Å². The predicted octanol–water partition coefficient (Wildman–Crippen LogP) is 2.26. The van der Waals surface area contributed by atoms with Gasteiger partial charge in [-0.3, -0.25) is 9.59 Å². The number of hydrogen-bond acceptors (Lipinski definition) is 2. The van der Waals surface area contributed by atoms with Crippen LogP contribution in [0.2, 0.25) is 0 Å². The summed E-state index contributed by atoms with van der Waals surface area (Å²) >= 11 is 0. The molecule has 4 nitrogen and oxygen atoms in total. The fraction of sp³-hybridized carbons (Fsp3) is 0.750. The van der Waals surface area contributed by atoms with Crippen LogP contribution in [-0.2, 0) is 9.59 Å². The Labute approximate surface area is 122 Å². The van der Waals surface area contributed by atoms with Crippen molar-refractivity contribution in [2.75, 3.05) is 6.54 Å². The Morgan fingerprint density at radius 1 is 1.55 bits per heavy atom. The van der Waals surface area contributed by atoms with E-state index in [1.165, 1.54) is 0 Å². The van der Waals surface area contributed by atoms with Crippen LogP contribution in [0.15, 0.2) is 12.7 Å². The van der Waals surface area contributed by atoms with Crippen molar-refractivity contribution in [1.29, 1.82) is 0 Å². The van der Waals surface area contributed by atoms with Gasteiger partial charge in [0.05, 0.1) is 0 Å². The van der Waals surface area contributed by atoms with Crippen LogP contribution in [0.25, 0.3) is 0 Å². The highest BCUT2D eigenvalue weighted by Gasteiger charge is 2.30. The summed E-state index contributed by atoms with van der Waals surface area (Å²) in [6.07, 6.45) is 4.96. The van der Waals surface area contributed by atoms with Crippen LogP contribution in [0.5, 0.6) is 0 Å². The fourth-order valence-electron chi connectivity index (χ4n) is 2.78. The van der Waals surface area contributed by atoms with Crippen LogP contribution in [-0.4, -0.2) is 24.4 Å². The number of carbonyl (C=O) groups is 2. The molecular formula is C16H28N2O2. The van der Waals surface area contributed by atoms with Crippen LogP contribution < -0.4 is 10.6 Å². The molecule has 1 aliphatic rings. The van der Waals surface area contributed by atoms with Gasteiger partial charge in [0.1, 0.15) is 0 Å². The molecule has 0 aliphatic carbocycles. The maximum atomic E-state index is 11.7. The second-order valence-corrected chi connectivity index (χ2v) is 6.07. The standard InChI is InChI=1S/C16H28N2O2/c1-5-12(10-13-7-8-17-16(13)20)14(9-11(3)4)18-15(19)6-2/h5,11-14H,1,6-10H2,2-4H3,(H,17,20)(H,18,19)/t12-,13+,14+/m1/s1. The largest absolute Gasteiger partial charge is 0.356 e. The highest BCUT2D eigenvalue weighted by atomic mass is 16.2. The number of rotatable bonds is 8. The van der Waals surface area contributed by atoms with E-state index in [0.717, 1.165) is 25.8 Å². The third-order valence-electron chi connectivity index (χ3n) is 3.93. The Kier molecular flexibility index (Phi) is 6.76. The molecule has 0 unspecified atom stereocenters. The molecule has 2 amide bonds. The van der Waals surface area contributed by atoms with E-state index in [9.17, 15) is 9.59 Å². The maximum absolute atomic E-state index is 11.7. The van der Waals surface area contributed by atoms with Gasteiger partial charge in [-0.15, -0.1) is 6.58 Å². The van der Waals surface area contributed by atoms with Crippen molar-refractivity contribution in [3.05, 3.63) is 12.7 Å². The van der Waals surface area contributed by atoms with Gasteiger partial charge in [0.2, 0.25) is 11.8 Å². The van der Waals surface area contributed by atoms with Crippen molar-refractivity contribution in [2.24, 2.45) is 17.8 Å². The lowest BCUT2D eigenvalue weighted by Gasteiger charge is -2.28. The lowest BCUT2D eigenvalue weighted by Crippen LogP contribution is -2.41. The summed E-state index contributed by atoms with van der Waals surface area (Å²) < 4.78 is 0. The Balaban J connectivity index is 2.70. The molecular weight excluding hydrogens is 252 g/mol. The van der Waals surface area contributed by atoms with Crippen molar-refractivity contribution in [3.8, 4) is 0 Å². The van der Waals surface area contributed by atoms with Crippen LogP contribution in [0.4, 0.5) is 0 Å². The molecule has 0 aromatic heterocycles. The molecule has 0 radical (unpaired) electrons. The van der Waals surface area contributed by atoms with Gasteiger partial charge >= 0.3 is 0 Å². The third kappa shape index (κ3) is 4.99. The molecule has 0 saturated carbocycles. The first-order chi connectivity index (χ1) is 9.47. The molecule has 0 aromatic rings. The van der Waals surface area contributed by atoms with Crippen molar-refractivity contribution in [3.63, 3.8) is 0 Å². The highest BCUT2D eigenvalue weighted by Crippen LogP contribution is 2.25. The topological polar surface area (TPSA) is 58.2 Å². The number of hydrogen-bond donors (Lipinski definition) is 2. The highest BCUT2D eigenvalue weighted by molar-refractivity contribution is 5.80. The van der Waals surface area contributed by atoms with Gasteiger partial charge in [0.15, 0.2) is 0 Å². The van der Waals surface area contributed by atoms with E-state index < -0.39 is 0 Å². The van der Waals surface area contributed by atoms with E-state index in [2.05, 4.69) is 31.1 Å². The van der Waals surface area contributed by atoms with Gasteiger partial charge < -0.3 is 10.6 Å². The molecule has 1 fully saturated rings. The zero-order valence-electron chi connectivity index (χ0n) is 12.9. The molecule has 114 valence electrons. The Morgan fingerprint density at radius 3 is 2.70 bits per heavy atom. The lowest BCUT2D eigenvalue weighted by atomic mass is 9.84. The van der Waals surface area contributed by atoms with Crippen molar-refractivity contribution in [2.45, 2.75) is 52.5 Å². The van der Waals surface area contributed by atoms with E-state index in [-0.39, 0.29) is 29.7 Å². The average Bonchev–Trinajstić information content (AvgIpc) is 2.79. The minimum atomic E-state index is 0.0613. The van der Waals surface area contributed by atoms with Crippen molar-refractivity contribution in [1.82, 2.24) is 10.6 Å². The van der Waals surface area contributed by atoms with Gasteiger partial charge in [0, 0.05) is 24.9 Å². The third-order valence-corrected chi connectivity index (χ3v) is 3.93.